The van der Waals surface area contributed by atoms with E-state index in [0.717, 1.165) is 17.8 Å². The fourth-order valence-electron chi connectivity index (χ4n) is 4.27. The molecule has 2 aliphatic heterocycles. The van der Waals surface area contributed by atoms with Crippen molar-refractivity contribution in [3.63, 3.8) is 0 Å². The average Bonchev–Trinajstić information content (AvgIpc) is 2.49. The molecule has 2 nitrogen and oxygen atoms in total. The smallest absolute Gasteiger partial charge is 0.000702 e. The van der Waals surface area contributed by atoms with Crippen LogP contribution >= 0.6 is 0 Å². The van der Waals surface area contributed by atoms with Crippen molar-refractivity contribution in [1.29, 1.82) is 0 Å². The van der Waals surface area contributed by atoms with Crippen LogP contribution in [0.5, 0.6) is 0 Å². The fourth-order valence-corrected chi connectivity index (χ4v) is 4.27. The molecule has 0 bridgehead atoms. The van der Waals surface area contributed by atoms with E-state index in [4.69, 9.17) is 0 Å². The van der Waals surface area contributed by atoms with Gasteiger partial charge < -0.3 is 9.80 Å². The van der Waals surface area contributed by atoms with Crippen molar-refractivity contribution < 1.29 is 0 Å². The van der Waals surface area contributed by atoms with Gasteiger partial charge in [-0.1, -0.05) is 33.1 Å². The maximum atomic E-state index is 2.74. The summed E-state index contributed by atoms with van der Waals surface area (Å²) in [5.41, 5.74) is 0. The zero-order chi connectivity index (χ0) is 15.1. The van der Waals surface area contributed by atoms with Gasteiger partial charge in [-0.3, -0.25) is 0 Å². The molecule has 0 aromatic heterocycles. The lowest BCUT2D eigenvalue weighted by atomic mass is 9.88. The highest BCUT2D eigenvalue weighted by Crippen LogP contribution is 2.25. The molecule has 2 rings (SSSR count). The number of nitrogens with zero attached hydrogens (tertiary/aromatic N) is 2. The van der Waals surface area contributed by atoms with Crippen LogP contribution in [-0.2, 0) is 0 Å². The number of hydrogen-bond acceptors (Lipinski definition) is 2. The lowest BCUT2D eigenvalue weighted by molar-refractivity contribution is 0.150. The highest BCUT2D eigenvalue weighted by atomic mass is 15.1. The van der Waals surface area contributed by atoms with Gasteiger partial charge in [0.2, 0.25) is 0 Å². The second-order valence-corrected chi connectivity index (χ2v) is 7.96. The van der Waals surface area contributed by atoms with Crippen LogP contribution in [-0.4, -0.2) is 49.6 Å². The number of hydrogen-bond donors (Lipinski definition) is 0. The van der Waals surface area contributed by atoms with Gasteiger partial charge in [-0.25, -0.2) is 0 Å². The molecule has 1 unspecified atom stereocenters. The summed E-state index contributed by atoms with van der Waals surface area (Å²) in [6, 6.07) is 0. The quantitative estimate of drug-likeness (QED) is 0.692. The fraction of sp³-hybridized carbons (Fsp3) is 1.00. The SMILES string of the molecule is CCCC1CCN(CC(C)CCC2CCN(C)CC2)CC1. The number of rotatable bonds is 7. The molecule has 2 heterocycles. The third-order valence-electron chi connectivity index (χ3n) is 5.88. The molecular formula is C19H38N2. The minimum Gasteiger partial charge on any atom is -0.306 e. The summed E-state index contributed by atoms with van der Waals surface area (Å²) < 4.78 is 0. The molecule has 2 heteroatoms. The van der Waals surface area contributed by atoms with Gasteiger partial charge in [0.05, 0.1) is 0 Å². The molecule has 0 N–H and O–H groups in total. The summed E-state index contributed by atoms with van der Waals surface area (Å²) in [6.07, 6.45) is 11.5. The van der Waals surface area contributed by atoms with Crippen LogP contribution in [0.4, 0.5) is 0 Å². The zero-order valence-electron chi connectivity index (χ0n) is 14.8. The van der Waals surface area contributed by atoms with E-state index in [9.17, 15) is 0 Å². The van der Waals surface area contributed by atoms with E-state index in [1.165, 1.54) is 84.1 Å². The largest absolute Gasteiger partial charge is 0.306 e. The van der Waals surface area contributed by atoms with Crippen LogP contribution in [0.1, 0.15) is 65.2 Å². The van der Waals surface area contributed by atoms with E-state index in [1.54, 1.807) is 0 Å². The Morgan fingerprint density at radius 2 is 1.48 bits per heavy atom. The van der Waals surface area contributed by atoms with Crippen molar-refractivity contribution in [1.82, 2.24) is 9.80 Å². The van der Waals surface area contributed by atoms with Crippen molar-refractivity contribution in [3.8, 4) is 0 Å². The minimum atomic E-state index is 0.896. The van der Waals surface area contributed by atoms with Crippen molar-refractivity contribution in [2.24, 2.45) is 17.8 Å². The Bertz CT molecular complexity index is 263. The van der Waals surface area contributed by atoms with Crippen LogP contribution in [0.2, 0.25) is 0 Å². The van der Waals surface area contributed by atoms with Crippen LogP contribution in [0.15, 0.2) is 0 Å². The highest BCUT2D eigenvalue weighted by Gasteiger charge is 2.21. The first-order valence-corrected chi connectivity index (χ1v) is 9.58. The predicted molar refractivity (Wildman–Crippen MR) is 92.7 cm³/mol. The summed E-state index contributed by atoms with van der Waals surface area (Å²) >= 11 is 0. The summed E-state index contributed by atoms with van der Waals surface area (Å²) in [7, 11) is 2.26. The molecule has 0 saturated carbocycles. The van der Waals surface area contributed by atoms with Crippen molar-refractivity contribution in [2.45, 2.75) is 65.2 Å². The van der Waals surface area contributed by atoms with Crippen LogP contribution in [0, 0.1) is 17.8 Å². The Morgan fingerprint density at radius 3 is 2.10 bits per heavy atom. The molecule has 0 spiro atoms. The average molecular weight is 295 g/mol. The van der Waals surface area contributed by atoms with Crippen molar-refractivity contribution >= 4 is 0 Å². The first-order valence-electron chi connectivity index (χ1n) is 9.58. The Balaban J connectivity index is 1.56. The van der Waals surface area contributed by atoms with Gasteiger partial charge in [-0.05, 0) is 83.1 Å². The Morgan fingerprint density at radius 1 is 0.905 bits per heavy atom. The molecule has 0 radical (unpaired) electrons. The van der Waals surface area contributed by atoms with E-state index in [1.807, 2.05) is 0 Å². The molecule has 21 heavy (non-hydrogen) atoms. The Hall–Kier alpha value is -0.0800. The lowest BCUT2D eigenvalue weighted by Gasteiger charge is -2.34. The van der Waals surface area contributed by atoms with Gasteiger partial charge in [-0.15, -0.1) is 0 Å². The van der Waals surface area contributed by atoms with Crippen LogP contribution in [0.3, 0.4) is 0 Å². The van der Waals surface area contributed by atoms with E-state index in [2.05, 4.69) is 30.7 Å². The standard InChI is InChI=1S/C19H38N2/c1-4-5-18-10-14-21(15-11-18)16-17(2)6-7-19-8-12-20(3)13-9-19/h17-19H,4-16H2,1-3H3. The topological polar surface area (TPSA) is 6.48 Å². The normalized spacial score (nSPS) is 25.3. The van der Waals surface area contributed by atoms with Gasteiger partial charge in [0.25, 0.3) is 0 Å². The molecule has 0 amide bonds. The highest BCUT2D eigenvalue weighted by molar-refractivity contribution is 4.75. The summed E-state index contributed by atoms with van der Waals surface area (Å²) in [4.78, 5) is 5.23. The van der Waals surface area contributed by atoms with Crippen LogP contribution in [0.25, 0.3) is 0 Å². The third-order valence-corrected chi connectivity index (χ3v) is 5.88. The lowest BCUT2D eigenvalue weighted by Crippen LogP contribution is -2.36. The minimum absolute atomic E-state index is 0.896. The van der Waals surface area contributed by atoms with Gasteiger partial charge in [0.15, 0.2) is 0 Å². The molecule has 124 valence electrons. The predicted octanol–water partition coefficient (Wildman–Crippen LogP) is 4.26. The summed E-state index contributed by atoms with van der Waals surface area (Å²) in [6.45, 7) is 11.5. The monoisotopic (exact) mass is 294 g/mol. The Labute approximate surface area is 133 Å². The first-order chi connectivity index (χ1) is 10.2. The third kappa shape index (κ3) is 6.28. The Kier molecular flexibility index (Phi) is 7.53. The summed E-state index contributed by atoms with van der Waals surface area (Å²) in [5.74, 6) is 2.94. The maximum absolute atomic E-state index is 2.74. The van der Waals surface area contributed by atoms with E-state index < -0.39 is 0 Å². The molecule has 0 aromatic carbocycles. The summed E-state index contributed by atoms with van der Waals surface area (Å²) in [5, 5.41) is 0. The maximum Gasteiger partial charge on any atom is 0.000702 e. The molecule has 0 aromatic rings. The van der Waals surface area contributed by atoms with Gasteiger partial charge >= 0.3 is 0 Å². The second kappa shape index (κ2) is 9.15. The molecule has 2 fully saturated rings. The first kappa shape index (κ1) is 17.3. The van der Waals surface area contributed by atoms with E-state index in [-0.39, 0.29) is 0 Å². The van der Waals surface area contributed by atoms with Crippen molar-refractivity contribution in [2.75, 3.05) is 39.8 Å². The molecule has 1 atom stereocenters. The van der Waals surface area contributed by atoms with E-state index in [0.29, 0.717) is 0 Å². The van der Waals surface area contributed by atoms with E-state index >= 15 is 0 Å². The van der Waals surface area contributed by atoms with Crippen LogP contribution < -0.4 is 0 Å². The van der Waals surface area contributed by atoms with Gasteiger partial charge in [0.1, 0.15) is 0 Å². The molecule has 0 aliphatic carbocycles. The molecule has 2 saturated heterocycles. The zero-order valence-corrected chi connectivity index (χ0v) is 14.8. The second-order valence-electron chi connectivity index (χ2n) is 7.96. The molecular weight excluding hydrogens is 256 g/mol. The van der Waals surface area contributed by atoms with Crippen molar-refractivity contribution in [3.05, 3.63) is 0 Å². The molecule has 2 aliphatic rings. The van der Waals surface area contributed by atoms with Gasteiger partial charge in [0, 0.05) is 6.54 Å². The number of likely N-dealkylation sites (tertiary alicyclic amines) is 2. The van der Waals surface area contributed by atoms with Gasteiger partial charge in [-0.2, -0.15) is 0 Å². The number of piperidine rings is 2.